The van der Waals surface area contributed by atoms with Crippen LogP contribution >= 0.6 is 15.9 Å². The Labute approximate surface area is 184 Å². The highest BCUT2D eigenvalue weighted by molar-refractivity contribution is 9.09. The van der Waals surface area contributed by atoms with E-state index in [1.54, 1.807) is 0 Å². The molecule has 2 aliphatic heterocycles. The number of halogens is 1. The summed E-state index contributed by atoms with van der Waals surface area (Å²) in [5.41, 5.74) is 2.06. The Morgan fingerprint density at radius 3 is 2.53 bits per heavy atom. The first-order valence-electron chi connectivity index (χ1n) is 10.1. The lowest BCUT2D eigenvalue weighted by Gasteiger charge is -2.41. The van der Waals surface area contributed by atoms with Gasteiger partial charge in [0.15, 0.2) is 0 Å². The van der Waals surface area contributed by atoms with Crippen molar-refractivity contribution in [3.05, 3.63) is 71.4 Å². The van der Waals surface area contributed by atoms with E-state index in [0.717, 1.165) is 24.1 Å². The molecule has 1 saturated heterocycles. The molecule has 2 N–H and O–H groups in total. The maximum Gasteiger partial charge on any atom is 0.307 e. The lowest BCUT2D eigenvalue weighted by Crippen LogP contribution is -2.54. The lowest BCUT2D eigenvalue weighted by molar-refractivity contribution is -0.138. The summed E-state index contributed by atoms with van der Waals surface area (Å²) in [6, 6.07) is -0.0720. The largest absolute Gasteiger partial charge is 0.430 e. The standard InChI is InChI=1S/C23H25BrN2O4/c1-13(27)29-19-7-3-5-15-9-11-17(25-22(15)19)21(24)18-12-10-16-6-4-8-20(23(16)26-18)30-14(2)28/h3-9,11,16,18,21-23,25-26H,10,12H2,1-2H3. The van der Waals surface area contributed by atoms with E-state index in [1.165, 1.54) is 13.8 Å². The van der Waals surface area contributed by atoms with Crippen molar-refractivity contribution in [2.24, 2.45) is 5.92 Å². The number of esters is 2. The summed E-state index contributed by atoms with van der Waals surface area (Å²) < 4.78 is 10.8. The summed E-state index contributed by atoms with van der Waals surface area (Å²) in [6.45, 7) is 2.83. The van der Waals surface area contributed by atoms with Crippen LogP contribution in [-0.2, 0) is 19.1 Å². The fraction of sp³-hybridized carbons (Fsp3) is 0.391. The van der Waals surface area contributed by atoms with Crippen LogP contribution in [0, 0.1) is 5.92 Å². The number of hydrogen-bond acceptors (Lipinski definition) is 6. The van der Waals surface area contributed by atoms with Crippen LogP contribution < -0.4 is 10.6 Å². The third-order valence-corrected chi connectivity index (χ3v) is 6.80. The van der Waals surface area contributed by atoms with Gasteiger partial charge in [-0.1, -0.05) is 46.3 Å². The smallest absolute Gasteiger partial charge is 0.307 e. The average Bonchev–Trinajstić information content (AvgIpc) is 2.72. The predicted octanol–water partition coefficient (Wildman–Crippen LogP) is 3.30. The van der Waals surface area contributed by atoms with E-state index < -0.39 is 0 Å². The van der Waals surface area contributed by atoms with Gasteiger partial charge in [-0.15, -0.1) is 0 Å². The molecule has 2 heterocycles. The molecule has 0 aromatic rings. The van der Waals surface area contributed by atoms with E-state index in [4.69, 9.17) is 9.47 Å². The molecule has 0 aromatic carbocycles. The summed E-state index contributed by atoms with van der Waals surface area (Å²) in [6.07, 6.45) is 17.8. The van der Waals surface area contributed by atoms with Crippen molar-refractivity contribution in [2.75, 3.05) is 0 Å². The van der Waals surface area contributed by atoms with Crippen molar-refractivity contribution in [2.45, 2.75) is 49.6 Å². The molecule has 2 aliphatic carbocycles. The number of carbonyl (C=O) groups excluding carboxylic acids is 2. The number of ether oxygens (including phenoxy) is 2. The molecule has 0 amide bonds. The first kappa shape index (κ1) is 20.9. The van der Waals surface area contributed by atoms with E-state index >= 15 is 0 Å². The monoisotopic (exact) mass is 472 g/mol. The van der Waals surface area contributed by atoms with Gasteiger partial charge in [-0.25, -0.2) is 0 Å². The van der Waals surface area contributed by atoms with Gasteiger partial charge >= 0.3 is 11.9 Å². The fourth-order valence-corrected chi connectivity index (χ4v) is 5.03. The van der Waals surface area contributed by atoms with Gasteiger partial charge < -0.3 is 20.1 Å². The van der Waals surface area contributed by atoms with Crippen LogP contribution in [0.2, 0.25) is 0 Å². The molecule has 0 spiro atoms. The Morgan fingerprint density at radius 2 is 1.77 bits per heavy atom. The number of alkyl halides is 1. The minimum Gasteiger partial charge on any atom is -0.430 e. The van der Waals surface area contributed by atoms with E-state index in [9.17, 15) is 9.59 Å². The van der Waals surface area contributed by atoms with Gasteiger partial charge in [-0.05, 0) is 42.6 Å². The zero-order chi connectivity index (χ0) is 21.3. The molecular formula is C23H25BrN2O4. The Balaban J connectivity index is 1.48. The molecule has 0 aromatic heterocycles. The van der Waals surface area contributed by atoms with Crippen molar-refractivity contribution in [1.82, 2.24) is 10.6 Å². The Bertz CT molecular complexity index is 927. The molecular weight excluding hydrogens is 448 g/mol. The van der Waals surface area contributed by atoms with E-state index in [1.807, 2.05) is 30.4 Å². The number of nitrogens with one attached hydrogen (secondary N) is 2. The number of fused-ring (bicyclic) bond motifs is 2. The van der Waals surface area contributed by atoms with Crippen molar-refractivity contribution in [3.8, 4) is 0 Å². The molecule has 1 fully saturated rings. The van der Waals surface area contributed by atoms with Crippen LogP contribution in [0.5, 0.6) is 0 Å². The van der Waals surface area contributed by atoms with Crippen molar-refractivity contribution >= 4 is 27.9 Å². The van der Waals surface area contributed by atoms with Gasteiger partial charge in [-0.2, -0.15) is 0 Å². The third-order valence-electron chi connectivity index (χ3n) is 5.67. The fourth-order valence-electron chi connectivity index (χ4n) is 4.33. The first-order chi connectivity index (χ1) is 14.4. The molecule has 0 saturated carbocycles. The second kappa shape index (κ2) is 8.78. The summed E-state index contributed by atoms with van der Waals surface area (Å²) in [5, 5.41) is 7.18. The van der Waals surface area contributed by atoms with Gasteiger partial charge in [-0.3, -0.25) is 9.59 Å². The lowest BCUT2D eigenvalue weighted by atomic mass is 9.82. The first-order valence-corrected chi connectivity index (χ1v) is 11.1. The minimum absolute atomic E-state index is 0.0187. The number of carbonyl (C=O) groups is 2. The normalized spacial score (nSPS) is 30.4. The summed E-state index contributed by atoms with van der Waals surface area (Å²) in [5.74, 6) is 0.931. The zero-order valence-electron chi connectivity index (χ0n) is 16.9. The second-order valence-electron chi connectivity index (χ2n) is 7.83. The van der Waals surface area contributed by atoms with Gasteiger partial charge in [0.25, 0.3) is 0 Å². The number of dihydropyridines is 1. The number of hydrogen-bond donors (Lipinski definition) is 2. The molecule has 30 heavy (non-hydrogen) atoms. The zero-order valence-corrected chi connectivity index (χ0v) is 18.5. The molecule has 4 aliphatic rings. The highest BCUT2D eigenvalue weighted by Gasteiger charge is 2.38. The average molecular weight is 473 g/mol. The van der Waals surface area contributed by atoms with Crippen LogP contribution in [0.4, 0.5) is 0 Å². The van der Waals surface area contributed by atoms with Crippen LogP contribution in [-0.4, -0.2) is 34.9 Å². The van der Waals surface area contributed by atoms with E-state index in [-0.39, 0.29) is 34.9 Å². The molecule has 6 nitrogen and oxygen atoms in total. The van der Waals surface area contributed by atoms with Crippen LogP contribution in [0.25, 0.3) is 0 Å². The van der Waals surface area contributed by atoms with Crippen LogP contribution in [0.15, 0.2) is 71.4 Å². The number of rotatable bonds is 4. The molecule has 0 bridgehead atoms. The SMILES string of the molecule is CC(=O)OC1=CC=CC2=CC=C(C(Br)C3CCC4C=CC=C(OC(C)=O)C4N3)NC21. The Kier molecular flexibility index (Phi) is 6.11. The highest BCUT2D eigenvalue weighted by Crippen LogP contribution is 2.34. The quantitative estimate of drug-likeness (QED) is 0.482. The molecule has 5 unspecified atom stereocenters. The van der Waals surface area contributed by atoms with Crippen LogP contribution in [0.1, 0.15) is 26.7 Å². The molecule has 7 heteroatoms. The van der Waals surface area contributed by atoms with Gasteiger partial charge in [0.2, 0.25) is 0 Å². The molecule has 158 valence electrons. The highest BCUT2D eigenvalue weighted by atomic mass is 79.9. The van der Waals surface area contributed by atoms with Gasteiger partial charge in [0.05, 0.1) is 10.9 Å². The summed E-state index contributed by atoms with van der Waals surface area (Å²) >= 11 is 3.86. The maximum atomic E-state index is 11.5. The Hall–Kier alpha value is -2.38. The molecule has 5 atom stereocenters. The number of allylic oxidation sites excluding steroid dienone is 6. The maximum absolute atomic E-state index is 11.5. The van der Waals surface area contributed by atoms with E-state index in [2.05, 4.69) is 44.8 Å². The predicted molar refractivity (Wildman–Crippen MR) is 117 cm³/mol. The number of piperidine rings is 1. The van der Waals surface area contributed by atoms with Crippen molar-refractivity contribution in [3.63, 3.8) is 0 Å². The Morgan fingerprint density at radius 1 is 1.03 bits per heavy atom. The van der Waals surface area contributed by atoms with Crippen LogP contribution in [0.3, 0.4) is 0 Å². The minimum atomic E-state index is -0.334. The molecule has 0 radical (unpaired) electrons. The van der Waals surface area contributed by atoms with Gasteiger partial charge in [0, 0.05) is 25.6 Å². The topological polar surface area (TPSA) is 76.7 Å². The second-order valence-corrected chi connectivity index (χ2v) is 8.82. The van der Waals surface area contributed by atoms with Gasteiger partial charge in [0.1, 0.15) is 17.6 Å². The van der Waals surface area contributed by atoms with Crippen molar-refractivity contribution in [1.29, 1.82) is 0 Å². The summed E-state index contributed by atoms with van der Waals surface area (Å²) in [7, 11) is 0. The van der Waals surface area contributed by atoms with Crippen molar-refractivity contribution < 1.29 is 19.1 Å². The molecule has 4 rings (SSSR count). The third kappa shape index (κ3) is 4.37. The van der Waals surface area contributed by atoms with E-state index in [0.29, 0.717) is 17.4 Å². The summed E-state index contributed by atoms with van der Waals surface area (Å²) in [4.78, 5) is 23.0.